The lowest BCUT2D eigenvalue weighted by molar-refractivity contribution is -0.146. The van der Waals surface area contributed by atoms with Crippen molar-refractivity contribution in [3.05, 3.63) is 48.3 Å². The second-order valence-corrected chi connectivity index (χ2v) is 7.76. The number of rotatable bonds is 7. The van der Waals surface area contributed by atoms with Gasteiger partial charge in [-0.25, -0.2) is 18.1 Å². The van der Waals surface area contributed by atoms with Crippen LogP contribution in [-0.2, 0) is 22.7 Å². The molecule has 0 amide bonds. The van der Waals surface area contributed by atoms with E-state index in [2.05, 4.69) is 9.71 Å². The summed E-state index contributed by atoms with van der Waals surface area (Å²) in [5.41, 5.74) is 0.452. The van der Waals surface area contributed by atoms with Gasteiger partial charge in [0.1, 0.15) is 0 Å². The van der Waals surface area contributed by atoms with Gasteiger partial charge in [0.25, 0.3) is 0 Å². The fraction of sp³-hybridized carbons (Fsp3) is 0.278. The van der Waals surface area contributed by atoms with Crippen LogP contribution in [0.1, 0.15) is 5.82 Å². The largest absolute Gasteiger partial charge is 0.493 e. The highest BCUT2D eigenvalue weighted by molar-refractivity contribution is 7.89. The molecule has 2 aromatic carbocycles. The Morgan fingerprint density at radius 3 is 2.41 bits per heavy atom. The molecule has 0 fully saturated rings. The Hall–Kier alpha value is -2.79. The van der Waals surface area contributed by atoms with Crippen LogP contribution in [0.15, 0.2) is 47.4 Å². The number of nitrogens with zero attached hydrogens (tertiary/aromatic N) is 2. The first-order chi connectivity index (χ1) is 13.7. The average Bonchev–Trinajstić information content (AvgIpc) is 3.06. The number of halogens is 3. The number of sulfonamides is 1. The molecule has 0 saturated heterocycles. The quantitative estimate of drug-likeness (QED) is 0.624. The van der Waals surface area contributed by atoms with Crippen molar-refractivity contribution in [2.45, 2.75) is 17.6 Å². The van der Waals surface area contributed by atoms with Gasteiger partial charge in [-0.2, -0.15) is 13.2 Å². The van der Waals surface area contributed by atoms with E-state index in [1.165, 1.54) is 44.6 Å². The predicted octanol–water partition coefficient (Wildman–Crippen LogP) is 3.05. The molecule has 0 unspecified atom stereocenters. The van der Waals surface area contributed by atoms with Crippen molar-refractivity contribution in [3.8, 4) is 11.5 Å². The zero-order valence-corrected chi connectivity index (χ0v) is 16.3. The van der Waals surface area contributed by atoms with Gasteiger partial charge in [0.05, 0.1) is 30.1 Å². The SMILES string of the molecule is COc1ccc(S(=O)(=O)NCCn2c(C(F)(F)F)nc3ccccc32)cc1OC. The van der Waals surface area contributed by atoms with Gasteiger partial charge >= 0.3 is 6.18 Å². The number of para-hydroxylation sites is 2. The molecular formula is C18H18F3N3O4S. The molecular weight excluding hydrogens is 411 g/mol. The first-order valence-corrected chi connectivity index (χ1v) is 9.90. The molecule has 1 aromatic heterocycles. The van der Waals surface area contributed by atoms with Crippen LogP contribution in [0.25, 0.3) is 11.0 Å². The number of fused-ring (bicyclic) bond motifs is 1. The van der Waals surface area contributed by atoms with Crippen molar-refractivity contribution < 1.29 is 31.1 Å². The van der Waals surface area contributed by atoms with Crippen molar-refractivity contribution >= 4 is 21.1 Å². The van der Waals surface area contributed by atoms with Crippen LogP contribution in [0, 0.1) is 0 Å². The Morgan fingerprint density at radius 1 is 1.07 bits per heavy atom. The second-order valence-electron chi connectivity index (χ2n) is 5.99. The van der Waals surface area contributed by atoms with Gasteiger partial charge in [0.15, 0.2) is 11.5 Å². The van der Waals surface area contributed by atoms with Crippen molar-refractivity contribution in [3.63, 3.8) is 0 Å². The molecule has 0 spiro atoms. The summed E-state index contributed by atoms with van der Waals surface area (Å²) >= 11 is 0. The van der Waals surface area contributed by atoms with E-state index in [9.17, 15) is 21.6 Å². The number of methoxy groups -OCH3 is 2. The molecule has 3 aromatic rings. The van der Waals surface area contributed by atoms with Crippen LogP contribution in [0.5, 0.6) is 11.5 Å². The van der Waals surface area contributed by atoms with Gasteiger partial charge in [-0.05, 0) is 24.3 Å². The molecule has 0 radical (unpaired) electrons. The minimum absolute atomic E-state index is 0.0957. The normalized spacial score (nSPS) is 12.3. The maximum absolute atomic E-state index is 13.3. The number of nitrogens with one attached hydrogen (secondary N) is 1. The summed E-state index contributed by atoms with van der Waals surface area (Å²) in [4.78, 5) is 3.53. The highest BCUT2D eigenvalue weighted by Crippen LogP contribution is 2.32. The first kappa shape index (κ1) is 20.9. The van der Waals surface area contributed by atoms with Crippen molar-refractivity contribution in [2.24, 2.45) is 0 Å². The Balaban J connectivity index is 1.83. The molecule has 11 heteroatoms. The smallest absolute Gasteiger partial charge is 0.449 e. The Kier molecular flexibility index (Phi) is 5.71. The molecule has 0 aliphatic rings. The van der Waals surface area contributed by atoms with E-state index in [4.69, 9.17) is 9.47 Å². The molecule has 0 aliphatic heterocycles. The number of hydrogen-bond acceptors (Lipinski definition) is 5. The summed E-state index contributed by atoms with van der Waals surface area (Å²) < 4.78 is 78.4. The molecule has 0 saturated carbocycles. The Labute approximate surface area is 165 Å². The lowest BCUT2D eigenvalue weighted by Crippen LogP contribution is -2.28. The molecule has 1 N–H and O–H groups in total. The number of hydrogen-bond donors (Lipinski definition) is 1. The molecule has 29 heavy (non-hydrogen) atoms. The van der Waals surface area contributed by atoms with Gasteiger partial charge in [-0.15, -0.1) is 0 Å². The zero-order valence-electron chi connectivity index (χ0n) is 15.5. The molecule has 1 heterocycles. The van der Waals surface area contributed by atoms with Crippen molar-refractivity contribution in [1.82, 2.24) is 14.3 Å². The standard InChI is InChI=1S/C18H18F3N3O4S/c1-27-15-8-7-12(11-16(15)28-2)29(25,26)22-9-10-24-14-6-4-3-5-13(14)23-17(24)18(19,20)21/h3-8,11,22H,9-10H2,1-2H3. The molecule has 3 rings (SSSR count). The van der Waals surface area contributed by atoms with E-state index in [1.807, 2.05) is 0 Å². The predicted molar refractivity (Wildman–Crippen MR) is 99.5 cm³/mol. The van der Waals surface area contributed by atoms with Crippen LogP contribution in [0.3, 0.4) is 0 Å². The molecule has 0 aliphatic carbocycles. The molecule has 156 valence electrons. The van der Waals surface area contributed by atoms with Gasteiger partial charge in [-0.3, -0.25) is 0 Å². The molecule has 0 atom stereocenters. The highest BCUT2D eigenvalue weighted by Gasteiger charge is 2.37. The van der Waals surface area contributed by atoms with E-state index in [1.54, 1.807) is 12.1 Å². The lowest BCUT2D eigenvalue weighted by atomic mass is 10.3. The van der Waals surface area contributed by atoms with Crippen LogP contribution in [-0.4, -0.2) is 38.7 Å². The summed E-state index contributed by atoms with van der Waals surface area (Å²) in [6, 6.07) is 10.2. The van der Waals surface area contributed by atoms with Crippen molar-refractivity contribution in [1.29, 1.82) is 0 Å². The Bertz CT molecular complexity index is 1130. The third-order valence-corrected chi connectivity index (χ3v) is 5.66. The zero-order chi connectivity index (χ0) is 21.2. The molecule has 7 nitrogen and oxygen atoms in total. The first-order valence-electron chi connectivity index (χ1n) is 8.41. The Morgan fingerprint density at radius 2 is 1.76 bits per heavy atom. The van der Waals surface area contributed by atoms with E-state index >= 15 is 0 Å². The second kappa shape index (κ2) is 7.91. The van der Waals surface area contributed by atoms with Crippen LogP contribution < -0.4 is 14.2 Å². The fourth-order valence-corrected chi connectivity index (χ4v) is 3.91. The van der Waals surface area contributed by atoms with E-state index < -0.39 is 22.0 Å². The van der Waals surface area contributed by atoms with Gasteiger partial charge in [0, 0.05) is 19.2 Å². The third kappa shape index (κ3) is 4.30. The summed E-state index contributed by atoms with van der Waals surface area (Å²) in [7, 11) is -1.19. The number of alkyl halides is 3. The average molecular weight is 429 g/mol. The maximum atomic E-state index is 13.3. The van der Waals surface area contributed by atoms with E-state index in [-0.39, 0.29) is 34.8 Å². The number of benzene rings is 2. The van der Waals surface area contributed by atoms with E-state index in [0.29, 0.717) is 5.75 Å². The monoisotopic (exact) mass is 429 g/mol. The topological polar surface area (TPSA) is 82.5 Å². The minimum Gasteiger partial charge on any atom is -0.493 e. The van der Waals surface area contributed by atoms with Gasteiger partial charge in [-0.1, -0.05) is 12.1 Å². The fourth-order valence-electron chi connectivity index (χ4n) is 2.88. The summed E-state index contributed by atoms with van der Waals surface area (Å²) in [5.74, 6) is -0.509. The third-order valence-electron chi connectivity index (χ3n) is 4.20. The lowest BCUT2D eigenvalue weighted by Gasteiger charge is -2.13. The highest BCUT2D eigenvalue weighted by atomic mass is 32.2. The summed E-state index contributed by atoms with van der Waals surface area (Å²) in [6.07, 6.45) is -4.67. The number of aromatic nitrogens is 2. The minimum atomic E-state index is -4.67. The van der Waals surface area contributed by atoms with Crippen LogP contribution >= 0.6 is 0 Å². The summed E-state index contributed by atoms with van der Waals surface area (Å²) in [6.45, 7) is -0.512. The maximum Gasteiger partial charge on any atom is 0.449 e. The summed E-state index contributed by atoms with van der Waals surface area (Å²) in [5, 5.41) is 0. The number of ether oxygens (including phenoxy) is 2. The molecule has 0 bridgehead atoms. The van der Waals surface area contributed by atoms with Crippen molar-refractivity contribution in [2.75, 3.05) is 20.8 Å². The van der Waals surface area contributed by atoms with Gasteiger partial charge in [0.2, 0.25) is 15.8 Å². The number of imidazole rings is 1. The van der Waals surface area contributed by atoms with Crippen LogP contribution in [0.2, 0.25) is 0 Å². The van der Waals surface area contributed by atoms with E-state index in [0.717, 1.165) is 4.57 Å². The van der Waals surface area contributed by atoms with Crippen LogP contribution in [0.4, 0.5) is 13.2 Å². The van der Waals surface area contributed by atoms with Gasteiger partial charge < -0.3 is 14.0 Å².